The van der Waals surface area contributed by atoms with Crippen molar-refractivity contribution < 1.29 is 14.3 Å². The minimum Gasteiger partial charge on any atom is -0.495 e. The third-order valence-corrected chi connectivity index (χ3v) is 7.94. The Morgan fingerprint density at radius 1 is 1.10 bits per heavy atom. The van der Waals surface area contributed by atoms with Crippen molar-refractivity contribution in [2.45, 2.75) is 44.4 Å². The van der Waals surface area contributed by atoms with Gasteiger partial charge in [0.1, 0.15) is 17.5 Å². The van der Waals surface area contributed by atoms with Gasteiger partial charge in [-0.2, -0.15) is 9.97 Å². The van der Waals surface area contributed by atoms with Crippen LogP contribution >= 0.6 is 0 Å². The fraction of sp³-hybridized carbons (Fsp3) is 0.387. The molecular weight excluding hydrogens is 518 g/mol. The molecule has 1 aliphatic heterocycles. The molecule has 0 radical (unpaired) electrons. The first-order valence-electron chi connectivity index (χ1n) is 14.2. The van der Waals surface area contributed by atoms with E-state index in [4.69, 9.17) is 19.4 Å². The molecule has 2 fully saturated rings. The van der Waals surface area contributed by atoms with E-state index in [0.29, 0.717) is 29.1 Å². The maximum atomic E-state index is 12.0. The molecule has 1 aliphatic carbocycles. The zero-order valence-corrected chi connectivity index (χ0v) is 23.8. The minimum atomic E-state index is -0.120. The van der Waals surface area contributed by atoms with Crippen LogP contribution in [0.25, 0.3) is 22.2 Å². The number of aromatic nitrogens is 3. The van der Waals surface area contributed by atoms with Crippen LogP contribution in [0.2, 0.25) is 0 Å². The Morgan fingerprint density at radius 3 is 2.59 bits per heavy atom. The van der Waals surface area contributed by atoms with Gasteiger partial charge in [-0.25, -0.2) is 0 Å². The summed E-state index contributed by atoms with van der Waals surface area (Å²) in [5.41, 5.74) is 5.08. The van der Waals surface area contributed by atoms with E-state index in [1.807, 2.05) is 42.6 Å². The number of amides is 1. The summed E-state index contributed by atoms with van der Waals surface area (Å²) in [7, 11) is 5.43. The molecule has 10 heteroatoms. The topological polar surface area (TPSA) is 116 Å². The number of carbonyl (C=O) groups is 1. The van der Waals surface area contributed by atoms with Gasteiger partial charge in [-0.15, -0.1) is 0 Å². The van der Waals surface area contributed by atoms with E-state index < -0.39 is 0 Å². The van der Waals surface area contributed by atoms with Gasteiger partial charge in [0.2, 0.25) is 11.8 Å². The highest BCUT2D eigenvalue weighted by molar-refractivity contribution is 5.99. The third kappa shape index (κ3) is 5.84. The zero-order valence-electron chi connectivity index (χ0n) is 23.8. The second-order valence-electron chi connectivity index (χ2n) is 10.9. The summed E-state index contributed by atoms with van der Waals surface area (Å²) in [6, 6.07) is 14.2. The molecule has 41 heavy (non-hydrogen) atoms. The highest BCUT2D eigenvalue weighted by atomic mass is 16.5. The van der Waals surface area contributed by atoms with E-state index in [2.05, 4.69) is 38.9 Å². The molecule has 4 aromatic rings. The van der Waals surface area contributed by atoms with Crippen molar-refractivity contribution in [1.82, 2.24) is 30.5 Å². The molecule has 10 nitrogen and oxygen atoms in total. The third-order valence-electron chi connectivity index (χ3n) is 7.94. The van der Waals surface area contributed by atoms with Crippen LogP contribution in [0.3, 0.4) is 0 Å². The van der Waals surface area contributed by atoms with E-state index in [1.54, 1.807) is 14.2 Å². The van der Waals surface area contributed by atoms with E-state index in [1.165, 1.54) is 0 Å². The van der Waals surface area contributed by atoms with Crippen molar-refractivity contribution in [2.24, 2.45) is 0 Å². The number of hydrogen-bond acceptors (Lipinski definition) is 8. The predicted molar refractivity (Wildman–Crippen MR) is 160 cm³/mol. The summed E-state index contributed by atoms with van der Waals surface area (Å²) >= 11 is 0. The molecule has 4 N–H and O–H groups in total. The number of nitrogens with zero attached hydrogens (tertiary/aromatic N) is 3. The summed E-state index contributed by atoms with van der Waals surface area (Å²) in [6.45, 7) is 2.93. The Balaban J connectivity index is 1.29. The molecule has 0 unspecified atom stereocenters. The van der Waals surface area contributed by atoms with Crippen LogP contribution in [0, 0.1) is 0 Å². The van der Waals surface area contributed by atoms with Crippen molar-refractivity contribution in [3.05, 3.63) is 59.8 Å². The van der Waals surface area contributed by atoms with Crippen molar-refractivity contribution in [3.8, 4) is 22.8 Å². The first-order chi connectivity index (χ1) is 20.0. The Morgan fingerprint density at radius 2 is 1.88 bits per heavy atom. The van der Waals surface area contributed by atoms with Crippen molar-refractivity contribution >= 4 is 28.6 Å². The van der Waals surface area contributed by atoms with Crippen LogP contribution in [0.1, 0.15) is 41.6 Å². The van der Waals surface area contributed by atoms with Crippen molar-refractivity contribution in [1.29, 1.82) is 0 Å². The first kappa shape index (κ1) is 27.0. The van der Waals surface area contributed by atoms with Gasteiger partial charge in [0.05, 0.1) is 18.2 Å². The van der Waals surface area contributed by atoms with Gasteiger partial charge in [0.25, 0.3) is 5.91 Å². The van der Waals surface area contributed by atoms with E-state index >= 15 is 0 Å². The number of hydrogen-bond donors (Lipinski definition) is 4. The number of fused-ring (bicyclic) bond motifs is 1. The number of anilines is 2. The van der Waals surface area contributed by atoms with Gasteiger partial charge in [-0.05, 0) is 68.1 Å². The molecular formula is C31H37N7O3. The van der Waals surface area contributed by atoms with Gasteiger partial charge in [-0.1, -0.05) is 18.2 Å². The first-order valence-corrected chi connectivity index (χ1v) is 14.2. The molecule has 6 rings (SSSR count). The van der Waals surface area contributed by atoms with Crippen LogP contribution < -0.4 is 25.4 Å². The van der Waals surface area contributed by atoms with Gasteiger partial charge < -0.3 is 35.3 Å². The predicted octanol–water partition coefficient (Wildman–Crippen LogP) is 4.46. The SMILES string of the molecule is CNC(=O)c1ccc(-c2c[nH]c3nc(Nc4ccc(CNC5CN(C)C5)cc4OC)nc(OC4CCCC4)c23)cc1. The number of likely N-dealkylation sites (N-methyl/N-ethyl adjacent to an activating group) is 1. The lowest BCUT2D eigenvalue weighted by molar-refractivity contribution is 0.0963. The standard InChI is InChI=1S/C31H37N7O3/c1-32-29(39)21-11-9-20(10-12-21)24-16-34-28-27(24)30(41-23-6-4-5-7-23)37-31(36-28)35-25-13-8-19(14-26(25)40-3)15-33-22-17-38(2)18-22/h8-14,16,22-23,33H,4-7,15,17-18H2,1-3H3,(H,32,39)(H2,34,35,36,37). The number of ether oxygens (including phenoxy) is 2. The molecule has 1 amide bonds. The molecule has 2 aromatic heterocycles. The number of nitrogens with one attached hydrogen (secondary N) is 4. The molecule has 1 saturated carbocycles. The van der Waals surface area contributed by atoms with Gasteiger partial charge in [0, 0.05) is 50.0 Å². The average Bonchev–Trinajstić information content (AvgIpc) is 3.65. The second-order valence-corrected chi connectivity index (χ2v) is 10.9. The number of aromatic amines is 1. The number of benzene rings is 2. The molecule has 3 heterocycles. The lowest BCUT2D eigenvalue weighted by Gasteiger charge is -2.36. The lowest BCUT2D eigenvalue weighted by atomic mass is 10.0. The largest absolute Gasteiger partial charge is 0.495 e. The summed E-state index contributed by atoms with van der Waals surface area (Å²) < 4.78 is 12.2. The van der Waals surface area contributed by atoms with Crippen LogP contribution in [-0.4, -0.2) is 72.2 Å². The number of methoxy groups -OCH3 is 1. The number of rotatable bonds is 10. The molecule has 0 spiro atoms. The number of likely N-dealkylation sites (tertiary alicyclic amines) is 1. The Bertz CT molecular complexity index is 1520. The van der Waals surface area contributed by atoms with Crippen LogP contribution in [0.15, 0.2) is 48.7 Å². The highest BCUT2D eigenvalue weighted by Gasteiger charge is 2.24. The lowest BCUT2D eigenvalue weighted by Crippen LogP contribution is -2.55. The van der Waals surface area contributed by atoms with E-state index in [9.17, 15) is 4.79 Å². The molecule has 1 saturated heterocycles. The number of carbonyl (C=O) groups excluding carboxylic acids is 1. The van der Waals surface area contributed by atoms with Crippen LogP contribution in [0.4, 0.5) is 11.6 Å². The Labute approximate surface area is 239 Å². The Hall–Kier alpha value is -4.15. The molecule has 0 atom stereocenters. The van der Waals surface area contributed by atoms with Crippen molar-refractivity contribution in [3.63, 3.8) is 0 Å². The fourth-order valence-corrected chi connectivity index (χ4v) is 5.64. The summed E-state index contributed by atoms with van der Waals surface area (Å²) in [4.78, 5) is 27.3. The fourth-order valence-electron chi connectivity index (χ4n) is 5.64. The van der Waals surface area contributed by atoms with Gasteiger partial charge >= 0.3 is 0 Å². The summed E-state index contributed by atoms with van der Waals surface area (Å²) in [5.74, 6) is 1.57. The molecule has 0 bridgehead atoms. The average molecular weight is 556 g/mol. The maximum Gasteiger partial charge on any atom is 0.251 e. The van der Waals surface area contributed by atoms with Gasteiger partial charge in [-0.3, -0.25) is 4.79 Å². The summed E-state index contributed by atoms with van der Waals surface area (Å²) in [5, 5.41) is 10.4. The normalized spacial score (nSPS) is 16.1. The van der Waals surface area contributed by atoms with Crippen LogP contribution in [0.5, 0.6) is 11.6 Å². The maximum absolute atomic E-state index is 12.0. The quantitative estimate of drug-likeness (QED) is 0.227. The van der Waals surface area contributed by atoms with Crippen LogP contribution in [-0.2, 0) is 6.54 Å². The molecule has 2 aromatic carbocycles. The number of H-pyrrole nitrogens is 1. The minimum absolute atomic E-state index is 0.120. The second kappa shape index (κ2) is 11.8. The summed E-state index contributed by atoms with van der Waals surface area (Å²) in [6.07, 6.45) is 6.37. The van der Waals surface area contributed by atoms with Gasteiger partial charge in [0.15, 0.2) is 0 Å². The highest BCUT2D eigenvalue weighted by Crippen LogP contribution is 2.37. The molecule has 214 valence electrons. The van der Waals surface area contributed by atoms with Crippen molar-refractivity contribution in [2.75, 3.05) is 39.6 Å². The van der Waals surface area contributed by atoms with E-state index in [0.717, 1.165) is 78.8 Å². The molecule has 2 aliphatic rings. The zero-order chi connectivity index (χ0) is 28.3. The smallest absolute Gasteiger partial charge is 0.251 e. The Kier molecular flexibility index (Phi) is 7.76. The monoisotopic (exact) mass is 555 g/mol. The van der Waals surface area contributed by atoms with E-state index in [-0.39, 0.29) is 12.0 Å².